The molecular weight excluding hydrogens is 376 g/mol. The molecule has 0 radical (unpaired) electrons. The van der Waals surface area contributed by atoms with Crippen molar-refractivity contribution < 1.29 is 22.3 Å². The van der Waals surface area contributed by atoms with Crippen molar-refractivity contribution in [3.63, 3.8) is 0 Å². The summed E-state index contributed by atoms with van der Waals surface area (Å²) < 4.78 is 60.8. The molecule has 0 aliphatic heterocycles. The predicted molar refractivity (Wildman–Crippen MR) is 97.3 cm³/mol. The minimum atomic E-state index is -1.10. The first kappa shape index (κ1) is 19.3. The van der Waals surface area contributed by atoms with Crippen LogP contribution in [0.1, 0.15) is 11.1 Å². The van der Waals surface area contributed by atoms with Crippen molar-refractivity contribution in [3.8, 4) is 5.75 Å². The van der Waals surface area contributed by atoms with Crippen molar-refractivity contribution in [1.82, 2.24) is 0 Å². The molecule has 3 rings (SSSR count). The molecule has 27 heavy (non-hydrogen) atoms. The summed E-state index contributed by atoms with van der Waals surface area (Å²) >= 11 is 0. The monoisotopic (exact) mass is 393 g/mol. The molecule has 0 heterocycles. The molecule has 140 valence electrons. The average Bonchev–Trinajstić information content (AvgIpc) is 2.53. The van der Waals surface area contributed by atoms with Crippen molar-refractivity contribution in [1.29, 1.82) is 0 Å². The molecule has 0 atom stereocenters. The summed E-state index contributed by atoms with van der Waals surface area (Å²) in [5.41, 5.74) is 1.64. The molecule has 1 nitrogen and oxygen atoms in total. The van der Waals surface area contributed by atoms with Gasteiger partial charge in [-0.1, -0.05) is 0 Å². The number of rotatable bonds is 4. The zero-order chi connectivity index (χ0) is 19.7. The van der Waals surface area contributed by atoms with Crippen molar-refractivity contribution in [2.24, 2.45) is 0 Å². The number of aryl methyl sites for hydroxylation is 2. The number of halogens is 4. The Morgan fingerprint density at radius 2 is 0.926 bits per heavy atom. The Balaban J connectivity index is 2.27. The first-order valence-corrected chi connectivity index (χ1v) is 9.32. The van der Waals surface area contributed by atoms with E-state index in [0.29, 0.717) is 20.4 Å². The smallest absolute Gasteiger partial charge is 0.172 e. The molecule has 0 aromatic heterocycles. The average molecular weight is 393 g/mol. The maximum atomic E-state index is 13.9. The van der Waals surface area contributed by atoms with Gasteiger partial charge in [-0.25, -0.2) is 17.6 Å². The van der Waals surface area contributed by atoms with Crippen LogP contribution in [0.15, 0.2) is 63.2 Å². The third-order valence-electron chi connectivity index (χ3n) is 4.02. The molecule has 0 bridgehead atoms. The van der Waals surface area contributed by atoms with Gasteiger partial charge in [-0.05, 0) is 25.0 Å². The van der Waals surface area contributed by atoms with Crippen LogP contribution in [-0.4, -0.2) is 7.11 Å². The van der Waals surface area contributed by atoms with Gasteiger partial charge >= 0.3 is 0 Å². The van der Waals surface area contributed by atoms with E-state index in [9.17, 15) is 17.6 Å². The van der Waals surface area contributed by atoms with Crippen LogP contribution in [0.3, 0.4) is 0 Å². The fourth-order valence-corrected chi connectivity index (χ4v) is 5.38. The number of hydrogen-bond acceptors (Lipinski definition) is 1. The van der Waals surface area contributed by atoms with E-state index < -0.39 is 34.2 Å². The SMILES string of the molecule is COc1c(C)cc([S+](c2cc(F)cc(F)c2)c2cc(F)cc(F)c2)cc1C. The van der Waals surface area contributed by atoms with E-state index in [1.165, 1.54) is 24.3 Å². The minimum Gasteiger partial charge on any atom is -0.496 e. The summed E-state index contributed by atoms with van der Waals surface area (Å²) in [7, 11) is 0.452. The molecule has 3 aromatic carbocycles. The molecule has 6 heteroatoms. The van der Waals surface area contributed by atoms with Gasteiger partial charge in [0, 0.05) is 48.5 Å². The maximum Gasteiger partial charge on any atom is 0.172 e. The van der Waals surface area contributed by atoms with Crippen LogP contribution >= 0.6 is 0 Å². The Morgan fingerprint density at radius 3 is 1.26 bits per heavy atom. The second-order valence-corrected chi connectivity index (χ2v) is 8.13. The summed E-state index contributed by atoms with van der Waals surface area (Å²) in [5, 5.41) is 0. The Bertz CT molecular complexity index is 888. The summed E-state index contributed by atoms with van der Waals surface area (Å²) in [5.74, 6) is -2.30. The Morgan fingerprint density at radius 1 is 0.593 bits per heavy atom. The van der Waals surface area contributed by atoms with Gasteiger partial charge in [-0.2, -0.15) is 0 Å². The minimum absolute atomic E-state index is 0.293. The Kier molecular flexibility index (Phi) is 5.46. The lowest BCUT2D eigenvalue weighted by Gasteiger charge is -2.13. The second-order valence-electron chi connectivity index (χ2n) is 6.11. The summed E-state index contributed by atoms with van der Waals surface area (Å²) in [6, 6.07) is 9.88. The van der Waals surface area contributed by atoms with Gasteiger partial charge in [0.2, 0.25) is 0 Å². The largest absolute Gasteiger partial charge is 0.496 e. The van der Waals surface area contributed by atoms with E-state index in [2.05, 4.69) is 0 Å². The van der Waals surface area contributed by atoms with E-state index in [-0.39, 0.29) is 0 Å². The van der Waals surface area contributed by atoms with Crippen molar-refractivity contribution >= 4 is 10.9 Å². The lowest BCUT2D eigenvalue weighted by molar-refractivity contribution is 0.408. The Labute approximate surface area is 158 Å². The number of benzene rings is 3. The van der Waals surface area contributed by atoms with Crippen LogP contribution in [0, 0.1) is 37.1 Å². The molecule has 0 saturated carbocycles. The lowest BCUT2D eigenvalue weighted by Crippen LogP contribution is -2.08. The van der Waals surface area contributed by atoms with Gasteiger partial charge in [0.05, 0.1) is 18.0 Å². The Hall–Kier alpha value is -2.47. The third-order valence-corrected chi connectivity index (χ3v) is 6.14. The van der Waals surface area contributed by atoms with Gasteiger partial charge < -0.3 is 4.74 Å². The highest BCUT2D eigenvalue weighted by Crippen LogP contribution is 2.36. The van der Waals surface area contributed by atoms with E-state index in [0.717, 1.165) is 23.3 Å². The molecule has 0 saturated heterocycles. The zero-order valence-corrected chi connectivity index (χ0v) is 15.8. The number of ether oxygens (including phenoxy) is 1. The quantitative estimate of drug-likeness (QED) is 0.392. The molecule has 0 amide bonds. The topological polar surface area (TPSA) is 9.23 Å². The van der Waals surface area contributed by atoms with Crippen molar-refractivity contribution in [2.45, 2.75) is 28.5 Å². The summed E-state index contributed by atoms with van der Waals surface area (Å²) in [6.45, 7) is 3.68. The van der Waals surface area contributed by atoms with E-state index in [1.807, 2.05) is 13.8 Å². The second kappa shape index (κ2) is 7.64. The van der Waals surface area contributed by atoms with Crippen molar-refractivity contribution in [3.05, 3.63) is 82.9 Å². The van der Waals surface area contributed by atoms with E-state index in [1.54, 1.807) is 19.2 Å². The van der Waals surface area contributed by atoms with Crippen LogP contribution in [0.25, 0.3) is 0 Å². The third kappa shape index (κ3) is 4.11. The van der Waals surface area contributed by atoms with Crippen LogP contribution < -0.4 is 4.74 Å². The van der Waals surface area contributed by atoms with E-state index >= 15 is 0 Å². The molecule has 0 aliphatic carbocycles. The van der Waals surface area contributed by atoms with Gasteiger partial charge in [-0.15, -0.1) is 0 Å². The number of hydrogen-bond donors (Lipinski definition) is 0. The highest BCUT2D eigenvalue weighted by molar-refractivity contribution is 7.97. The molecule has 0 fully saturated rings. The first-order chi connectivity index (χ1) is 12.8. The van der Waals surface area contributed by atoms with E-state index in [4.69, 9.17) is 4.74 Å². The fourth-order valence-electron chi connectivity index (χ4n) is 3.05. The standard InChI is InChI=1S/C21H17F4OS/c1-12-4-18(5-13(2)21(12)26-3)27(19-8-14(22)6-15(23)9-19)20-10-16(24)7-17(25)11-20/h4-11H,1-3H3/q+1. The van der Waals surface area contributed by atoms with Crippen LogP contribution in [0.2, 0.25) is 0 Å². The zero-order valence-electron chi connectivity index (χ0n) is 14.9. The van der Waals surface area contributed by atoms with Crippen LogP contribution in [0.4, 0.5) is 17.6 Å². The van der Waals surface area contributed by atoms with Crippen LogP contribution in [-0.2, 0) is 10.9 Å². The fraction of sp³-hybridized carbons (Fsp3) is 0.143. The summed E-state index contributed by atoms with van der Waals surface area (Å²) in [6.07, 6.45) is 0. The highest BCUT2D eigenvalue weighted by Gasteiger charge is 2.32. The van der Waals surface area contributed by atoms with Crippen molar-refractivity contribution in [2.75, 3.05) is 7.11 Å². The first-order valence-electron chi connectivity index (χ1n) is 8.10. The van der Waals surface area contributed by atoms with Crippen LogP contribution in [0.5, 0.6) is 5.75 Å². The lowest BCUT2D eigenvalue weighted by atomic mass is 10.1. The molecular formula is C21H17F4OS+. The van der Waals surface area contributed by atoms with Gasteiger partial charge in [0.15, 0.2) is 14.7 Å². The normalized spacial score (nSPS) is 11.1. The summed E-state index contributed by atoms with van der Waals surface area (Å²) in [4.78, 5) is 1.27. The predicted octanol–water partition coefficient (Wildman–Crippen LogP) is 5.96. The maximum absolute atomic E-state index is 13.9. The molecule has 0 unspecified atom stereocenters. The highest BCUT2D eigenvalue weighted by atomic mass is 32.2. The molecule has 3 aromatic rings. The van der Waals surface area contributed by atoms with Gasteiger partial charge in [0.1, 0.15) is 29.0 Å². The number of methoxy groups -OCH3 is 1. The molecule has 0 aliphatic rings. The molecule has 0 spiro atoms. The molecule has 0 N–H and O–H groups in total. The van der Waals surface area contributed by atoms with Gasteiger partial charge in [-0.3, -0.25) is 0 Å². The van der Waals surface area contributed by atoms with Gasteiger partial charge in [0.25, 0.3) is 0 Å².